The first-order valence-electron chi connectivity index (χ1n) is 5.74. The monoisotopic (exact) mass is 323 g/mol. The van der Waals surface area contributed by atoms with Crippen LogP contribution < -0.4 is 0 Å². The van der Waals surface area contributed by atoms with E-state index in [9.17, 15) is 26.4 Å². The van der Waals surface area contributed by atoms with Crippen LogP contribution in [0.25, 0.3) is 0 Å². The van der Waals surface area contributed by atoms with Crippen LogP contribution in [0.15, 0.2) is 0 Å². The number of halogens is 3. The molecule has 1 saturated carbocycles. The van der Waals surface area contributed by atoms with Crippen molar-refractivity contribution in [3.05, 3.63) is 0 Å². The van der Waals surface area contributed by atoms with Gasteiger partial charge in [-0.25, -0.2) is 0 Å². The number of ketones is 1. The summed E-state index contributed by atoms with van der Waals surface area (Å²) in [6.45, 7) is 0. The molecule has 4 nitrogen and oxygen atoms in total. The van der Waals surface area contributed by atoms with E-state index in [1.165, 1.54) is 12.5 Å². The van der Waals surface area contributed by atoms with Gasteiger partial charge in [0.15, 0.2) is 5.78 Å². The van der Waals surface area contributed by atoms with Gasteiger partial charge in [-0.3, -0.25) is 8.42 Å². The molecule has 0 aromatic carbocycles. The summed E-state index contributed by atoms with van der Waals surface area (Å²) in [5.41, 5.74) is -5.40. The summed E-state index contributed by atoms with van der Waals surface area (Å²) in [7, 11) is -8.01. The lowest BCUT2D eigenvalue weighted by atomic mass is 10.0. The Bertz CT molecular complexity index is 436. The van der Waals surface area contributed by atoms with Crippen LogP contribution >= 0.6 is 10.3 Å². The van der Waals surface area contributed by atoms with E-state index in [-0.39, 0.29) is 17.5 Å². The second kappa shape index (κ2) is 5.61. The summed E-state index contributed by atoms with van der Waals surface area (Å²) in [6, 6.07) is 0. The van der Waals surface area contributed by atoms with Crippen LogP contribution in [0.4, 0.5) is 13.2 Å². The predicted octanol–water partition coefficient (Wildman–Crippen LogP) is 2.67. The minimum absolute atomic E-state index is 0.143. The van der Waals surface area contributed by atoms with Crippen molar-refractivity contribution in [1.29, 1.82) is 0 Å². The Hall–Kier alpha value is -0.280. The highest BCUT2D eigenvalue weighted by Crippen LogP contribution is 2.44. The first-order chi connectivity index (χ1) is 8.45. The molecule has 0 atom stereocenters. The highest BCUT2D eigenvalue weighted by atomic mass is 32.3. The number of hydrogen-bond acceptors (Lipinski definition) is 3. The molecule has 0 bridgehead atoms. The molecule has 1 rings (SSSR count). The van der Waals surface area contributed by atoms with Gasteiger partial charge in [-0.15, -0.1) is 8.42 Å². The topological polar surface area (TPSA) is 64.0 Å². The third kappa shape index (κ3) is 4.64. The molecule has 19 heavy (non-hydrogen) atoms. The first kappa shape index (κ1) is 16.8. The Balaban J connectivity index is 2.68. The summed E-state index contributed by atoms with van der Waals surface area (Å²) in [6.07, 6.45) is 5.96. The molecule has 0 amide bonds. The Morgan fingerprint density at radius 3 is 2.11 bits per heavy atom. The zero-order valence-corrected chi connectivity index (χ0v) is 12.4. The third-order valence-corrected chi connectivity index (χ3v) is 6.87. The van der Waals surface area contributed by atoms with Crippen molar-refractivity contribution in [3.63, 3.8) is 0 Å². The molecule has 1 N–H and O–H groups in total. The van der Waals surface area contributed by atoms with E-state index in [1.54, 1.807) is 0 Å². The first-order valence-corrected chi connectivity index (χ1v) is 9.75. The van der Waals surface area contributed by atoms with Crippen LogP contribution in [0.5, 0.6) is 0 Å². The SMILES string of the molecule is CS(C)(CC(=O)C1CCCC1)[OH+]S(=O)(=O)C(F)(F)F. The van der Waals surface area contributed by atoms with E-state index in [1.807, 2.05) is 0 Å². The van der Waals surface area contributed by atoms with Crippen molar-refractivity contribution in [3.8, 4) is 0 Å². The van der Waals surface area contributed by atoms with Gasteiger partial charge in [0.05, 0.1) is 5.75 Å². The lowest BCUT2D eigenvalue weighted by Crippen LogP contribution is -2.32. The lowest BCUT2D eigenvalue weighted by Gasteiger charge is -2.25. The largest absolute Gasteiger partial charge is 0.572 e. The minimum atomic E-state index is -5.51. The quantitative estimate of drug-likeness (QED) is 0.444. The zero-order valence-electron chi connectivity index (χ0n) is 10.7. The summed E-state index contributed by atoms with van der Waals surface area (Å²) in [4.78, 5) is 11.9. The fourth-order valence-corrected chi connectivity index (χ4v) is 5.65. The Morgan fingerprint density at radius 1 is 1.21 bits per heavy atom. The number of rotatable bonds is 5. The third-order valence-electron chi connectivity index (χ3n) is 2.90. The van der Waals surface area contributed by atoms with Crippen molar-refractivity contribution >= 4 is 26.2 Å². The van der Waals surface area contributed by atoms with E-state index < -0.39 is 25.9 Å². The van der Waals surface area contributed by atoms with Gasteiger partial charge in [-0.2, -0.15) is 13.2 Å². The second-order valence-electron chi connectivity index (χ2n) is 5.07. The number of alkyl halides is 3. The van der Waals surface area contributed by atoms with Crippen molar-refractivity contribution in [2.75, 3.05) is 18.3 Å². The molecular formula is C10H18F3O4S2+. The van der Waals surface area contributed by atoms with E-state index >= 15 is 0 Å². The van der Waals surface area contributed by atoms with E-state index in [0.29, 0.717) is 0 Å². The van der Waals surface area contributed by atoms with Crippen molar-refractivity contribution in [2.45, 2.75) is 31.2 Å². The summed E-state index contributed by atoms with van der Waals surface area (Å²) >= 11 is 0. The number of carbonyl (C=O) groups excluding carboxylic acids is 1. The maximum absolute atomic E-state index is 12.2. The van der Waals surface area contributed by atoms with Crippen molar-refractivity contribution in [2.24, 2.45) is 5.92 Å². The van der Waals surface area contributed by atoms with Crippen molar-refractivity contribution < 1.29 is 30.0 Å². The number of hydrogen-bond donors (Lipinski definition) is 0. The fraction of sp³-hybridized carbons (Fsp3) is 0.900. The van der Waals surface area contributed by atoms with Crippen LogP contribution in [-0.4, -0.2) is 41.6 Å². The van der Waals surface area contributed by atoms with Gasteiger partial charge >= 0.3 is 15.6 Å². The molecule has 0 aromatic rings. The summed E-state index contributed by atoms with van der Waals surface area (Å²) < 4.78 is 61.7. The lowest BCUT2D eigenvalue weighted by molar-refractivity contribution is -0.120. The highest BCUT2D eigenvalue weighted by Gasteiger charge is 2.55. The van der Waals surface area contributed by atoms with E-state index in [0.717, 1.165) is 25.7 Å². The zero-order chi connectivity index (χ0) is 14.9. The summed E-state index contributed by atoms with van der Waals surface area (Å²) in [5, 5.41) is 0. The molecule has 1 fully saturated rings. The molecule has 9 heteroatoms. The average Bonchev–Trinajstić information content (AvgIpc) is 2.64. The molecule has 114 valence electrons. The maximum Gasteiger partial charge on any atom is 0.572 e. The van der Waals surface area contributed by atoms with Crippen LogP contribution in [0.2, 0.25) is 0 Å². The maximum atomic E-state index is 12.2. The molecule has 0 saturated heterocycles. The van der Waals surface area contributed by atoms with Gasteiger partial charge in [-0.05, 0) is 23.2 Å². The summed E-state index contributed by atoms with van der Waals surface area (Å²) in [5.74, 6) is -0.512. The molecular weight excluding hydrogens is 305 g/mol. The van der Waals surface area contributed by atoms with E-state index in [4.69, 9.17) is 0 Å². The van der Waals surface area contributed by atoms with Gasteiger partial charge in [-0.1, -0.05) is 12.8 Å². The normalized spacial score (nSPS) is 19.6. The van der Waals surface area contributed by atoms with Crippen LogP contribution in [0, 0.1) is 5.92 Å². The molecule has 0 aliphatic heterocycles. The Labute approximate surface area is 112 Å². The molecule has 1 aliphatic rings. The van der Waals surface area contributed by atoms with Gasteiger partial charge in [0, 0.05) is 18.4 Å². The van der Waals surface area contributed by atoms with Gasteiger partial charge in [0.2, 0.25) is 0 Å². The van der Waals surface area contributed by atoms with Gasteiger partial charge in [0.1, 0.15) is 0 Å². The smallest absolute Gasteiger partial charge is 0.298 e. The number of carbonyl (C=O) groups is 1. The molecule has 0 radical (unpaired) electrons. The average molecular weight is 323 g/mol. The van der Waals surface area contributed by atoms with Crippen LogP contribution in [0.3, 0.4) is 0 Å². The molecule has 0 heterocycles. The van der Waals surface area contributed by atoms with Gasteiger partial charge < -0.3 is 0 Å². The molecule has 1 aliphatic carbocycles. The molecule has 0 aromatic heterocycles. The van der Waals surface area contributed by atoms with E-state index in [2.05, 4.69) is 3.63 Å². The standard InChI is InChI=1S/C10H17F3O4S2/c1-18(2,17-19(15,16)10(11,12)13)7-9(14)8-5-3-4-6-8/h8H,3-7H2,1-2H3/p+1. The van der Waals surface area contributed by atoms with Crippen LogP contribution in [0.1, 0.15) is 25.7 Å². The Morgan fingerprint density at radius 2 is 1.68 bits per heavy atom. The predicted molar refractivity (Wildman–Crippen MR) is 68.9 cm³/mol. The fourth-order valence-electron chi connectivity index (χ4n) is 2.05. The number of Topliss-reactive ketones (excluding diaryl/α,β-unsaturated/α-hetero) is 1. The molecule has 0 spiro atoms. The minimum Gasteiger partial charge on any atom is -0.298 e. The second-order valence-corrected chi connectivity index (χ2v) is 10.3. The highest BCUT2D eigenvalue weighted by molar-refractivity contribution is 8.31. The molecule has 0 unspecified atom stereocenters. The Kier molecular flexibility index (Phi) is 4.95. The van der Waals surface area contributed by atoms with Gasteiger partial charge in [0.25, 0.3) is 0 Å². The van der Waals surface area contributed by atoms with Crippen LogP contribution in [-0.2, 0) is 14.9 Å². The van der Waals surface area contributed by atoms with Crippen molar-refractivity contribution in [1.82, 2.24) is 0 Å².